The molecule has 0 fully saturated rings. The number of furan rings is 1. The Morgan fingerprint density at radius 3 is 2.66 bits per heavy atom. The van der Waals surface area contributed by atoms with Crippen LogP contribution in [0.25, 0.3) is 23.1 Å². The van der Waals surface area contributed by atoms with E-state index in [9.17, 15) is 9.59 Å². The van der Waals surface area contributed by atoms with Crippen LogP contribution in [0.3, 0.4) is 0 Å². The Morgan fingerprint density at radius 1 is 1.05 bits per heavy atom. The Kier molecular flexibility index (Phi) is 7.37. The van der Waals surface area contributed by atoms with E-state index < -0.39 is 12.0 Å². The molecule has 44 heavy (non-hydrogen) atoms. The topological polar surface area (TPSA) is 92.3 Å². The number of nitrogens with zero attached hydrogens (tertiary/aromatic N) is 2. The molecule has 0 amide bonds. The fourth-order valence-electron chi connectivity index (χ4n) is 5.23. The van der Waals surface area contributed by atoms with Crippen molar-refractivity contribution < 1.29 is 23.4 Å². The second kappa shape index (κ2) is 11.5. The molecule has 7 rings (SSSR count). The number of ether oxygens (including phenoxy) is 3. The molecular weight excluding hydrogens is 623 g/mol. The SMILES string of the molecule is CCOC(=O)C1=C(c2ccccc2)N=c2s/c(=C\c3ccc(-c4ccc(Cl)cc4Cl)o3)c(=O)n2C1c1ccc2c(c1)OCO2. The van der Waals surface area contributed by atoms with Crippen LogP contribution < -0.4 is 24.4 Å². The molecule has 0 N–H and O–H groups in total. The van der Waals surface area contributed by atoms with E-state index in [4.69, 9.17) is 46.8 Å². The van der Waals surface area contributed by atoms with Crippen molar-refractivity contribution in [3.8, 4) is 22.8 Å². The van der Waals surface area contributed by atoms with E-state index in [1.165, 1.54) is 15.9 Å². The lowest BCUT2D eigenvalue weighted by atomic mass is 9.93. The summed E-state index contributed by atoms with van der Waals surface area (Å²) in [5.74, 6) is 1.52. The third-order valence-corrected chi connectivity index (χ3v) is 8.71. The minimum Gasteiger partial charge on any atom is -0.463 e. The zero-order valence-electron chi connectivity index (χ0n) is 23.1. The maximum atomic E-state index is 14.1. The highest BCUT2D eigenvalue weighted by atomic mass is 35.5. The van der Waals surface area contributed by atoms with Gasteiger partial charge in [0, 0.05) is 22.2 Å². The first-order valence-electron chi connectivity index (χ1n) is 13.6. The van der Waals surface area contributed by atoms with E-state index in [1.54, 1.807) is 55.5 Å². The van der Waals surface area contributed by atoms with Crippen molar-refractivity contribution in [3.05, 3.63) is 131 Å². The van der Waals surface area contributed by atoms with Crippen LogP contribution in [-0.2, 0) is 9.53 Å². The van der Waals surface area contributed by atoms with Gasteiger partial charge in [-0.1, -0.05) is 70.9 Å². The summed E-state index contributed by atoms with van der Waals surface area (Å²) in [4.78, 5) is 33.1. The van der Waals surface area contributed by atoms with Crippen LogP contribution in [0.2, 0.25) is 10.0 Å². The maximum absolute atomic E-state index is 14.1. The molecule has 2 aliphatic heterocycles. The smallest absolute Gasteiger partial charge is 0.338 e. The van der Waals surface area contributed by atoms with Crippen LogP contribution in [0.5, 0.6) is 11.5 Å². The number of hydrogen-bond acceptors (Lipinski definition) is 8. The number of benzene rings is 3. The molecule has 4 heterocycles. The summed E-state index contributed by atoms with van der Waals surface area (Å²) in [5.41, 5.74) is 2.37. The number of thiazole rings is 1. The summed E-state index contributed by atoms with van der Waals surface area (Å²) in [6, 6.07) is 22.6. The Balaban J connectivity index is 1.43. The van der Waals surface area contributed by atoms with Gasteiger partial charge in [0.1, 0.15) is 11.5 Å². The van der Waals surface area contributed by atoms with Crippen LogP contribution in [0.1, 0.15) is 29.9 Å². The van der Waals surface area contributed by atoms with Crippen LogP contribution >= 0.6 is 34.5 Å². The van der Waals surface area contributed by atoms with Crippen molar-refractivity contribution >= 4 is 52.3 Å². The standard InChI is InChI=1S/C33H22Cl2N2O6S/c1-2-40-32(39)28-29(18-6-4-3-5-7-18)36-33-37(30(28)19-8-12-25-26(14-19)42-17-41-25)31(38)27(44-33)16-21-10-13-24(43-21)22-11-9-20(34)15-23(22)35/h3-16,30H,2,17H2,1H3/b27-16-. The van der Waals surface area contributed by atoms with Crippen LogP contribution in [0, 0.1) is 0 Å². The van der Waals surface area contributed by atoms with Crippen LogP contribution in [-0.4, -0.2) is 23.9 Å². The summed E-state index contributed by atoms with van der Waals surface area (Å²) in [5, 5.41) is 0.960. The van der Waals surface area contributed by atoms with Crippen molar-refractivity contribution in [1.82, 2.24) is 4.57 Å². The molecule has 0 bridgehead atoms. The van der Waals surface area contributed by atoms with E-state index in [1.807, 2.05) is 36.4 Å². The summed E-state index contributed by atoms with van der Waals surface area (Å²) >= 11 is 13.6. The van der Waals surface area contributed by atoms with Gasteiger partial charge in [0.15, 0.2) is 16.3 Å². The molecule has 8 nitrogen and oxygen atoms in total. The zero-order valence-corrected chi connectivity index (χ0v) is 25.4. The van der Waals surface area contributed by atoms with E-state index in [0.717, 1.165) is 5.56 Å². The van der Waals surface area contributed by atoms with Crippen molar-refractivity contribution in [3.63, 3.8) is 0 Å². The third kappa shape index (κ3) is 5.02. The zero-order chi connectivity index (χ0) is 30.4. The fourth-order valence-corrected chi connectivity index (χ4v) is 6.72. The molecule has 0 saturated heterocycles. The molecule has 3 aromatic carbocycles. The average Bonchev–Trinajstić information content (AvgIpc) is 3.76. The number of esters is 1. The first-order chi connectivity index (χ1) is 21.4. The van der Waals surface area contributed by atoms with E-state index in [-0.39, 0.29) is 24.5 Å². The first-order valence-corrected chi connectivity index (χ1v) is 15.2. The molecule has 2 aromatic heterocycles. The van der Waals surface area contributed by atoms with Gasteiger partial charge in [0.2, 0.25) is 6.79 Å². The molecule has 220 valence electrons. The minimum atomic E-state index is -0.850. The van der Waals surface area contributed by atoms with E-state index in [2.05, 4.69) is 0 Å². The first kappa shape index (κ1) is 28.2. The highest BCUT2D eigenvalue weighted by Crippen LogP contribution is 2.40. The second-order valence-electron chi connectivity index (χ2n) is 9.87. The Labute approximate surface area is 264 Å². The monoisotopic (exact) mass is 644 g/mol. The van der Waals surface area contributed by atoms with Crippen molar-refractivity contribution in [2.75, 3.05) is 13.4 Å². The van der Waals surface area contributed by atoms with Gasteiger partial charge in [-0.2, -0.15) is 0 Å². The number of carbonyl (C=O) groups excluding carboxylic acids is 1. The Hall–Kier alpha value is -4.57. The normalized spacial score (nSPS) is 15.7. The van der Waals surface area contributed by atoms with Gasteiger partial charge in [0.05, 0.1) is 33.5 Å². The van der Waals surface area contributed by atoms with Gasteiger partial charge in [0.25, 0.3) is 5.56 Å². The fraction of sp³-hybridized carbons (Fsp3) is 0.121. The highest BCUT2D eigenvalue weighted by Gasteiger charge is 2.36. The molecular formula is C33H22Cl2N2O6S. The van der Waals surface area contributed by atoms with Gasteiger partial charge < -0.3 is 18.6 Å². The molecule has 1 atom stereocenters. The predicted octanol–water partition coefficient (Wildman–Crippen LogP) is 6.23. The van der Waals surface area contributed by atoms with Crippen LogP contribution in [0.15, 0.2) is 98.6 Å². The molecule has 0 saturated carbocycles. The van der Waals surface area contributed by atoms with Gasteiger partial charge in [-0.05, 0) is 55.0 Å². The van der Waals surface area contributed by atoms with Gasteiger partial charge in [-0.25, -0.2) is 9.79 Å². The lowest BCUT2D eigenvalue weighted by Crippen LogP contribution is -2.40. The molecule has 0 aliphatic carbocycles. The summed E-state index contributed by atoms with van der Waals surface area (Å²) < 4.78 is 24.6. The summed E-state index contributed by atoms with van der Waals surface area (Å²) in [7, 11) is 0. The number of rotatable bonds is 6. The summed E-state index contributed by atoms with van der Waals surface area (Å²) in [6.07, 6.45) is 1.66. The van der Waals surface area contributed by atoms with Gasteiger partial charge in [-0.15, -0.1) is 0 Å². The number of aromatic nitrogens is 1. The lowest BCUT2D eigenvalue weighted by molar-refractivity contribution is -0.138. The minimum absolute atomic E-state index is 0.0871. The van der Waals surface area contributed by atoms with E-state index in [0.29, 0.717) is 59.2 Å². The largest absolute Gasteiger partial charge is 0.463 e. The highest BCUT2D eigenvalue weighted by molar-refractivity contribution is 7.07. The van der Waals surface area contributed by atoms with Gasteiger partial charge >= 0.3 is 5.97 Å². The third-order valence-electron chi connectivity index (χ3n) is 7.18. The molecule has 0 radical (unpaired) electrons. The number of halogens is 2. The van der Waals surface area contributed by atoms with E-state index >= 15 is 0 Å². The molecule has 11 heteroatoms. The summed E-state index contributed by atoms with van der Waals surface area (Å²) in [6.45, 7) is 1.98. The van der Waals surface area contributed by atoms with Gasteiger partial charge in [-0.3, -0.25) is 9.36 Å². The number of fused-ring (bicyclic) bond motifs is 2. The second-order valence-corrected chi connectivity index (χ2v) is 11.7. The molecule has 2 aliphatic rings. The van der Waals surface area contributed by atoms with Crippen molar-refractivity contribution in [2.24, 2.45) is 4.99 Å². The average molecular weight is 646 g/mol. The number of hydrogen-bond donors (Lipinski definition) is 0. The number of carbonyl (C=O) groups is 1. The molecule has 0 spiro atoms. The quantitative estimate of drug-likeness (QED) is 0.204. The Bertz CT molecular complexity index is 2150. The maximum Gasteiger partial charge on any atom is 0.338 e. The Morgan fingerprint density at radius 2 is 1.86 bits per heavy atom. The molecule has 1 unspecified atom stereocenters. The predicted molar refractivity (Wildman–Crippen MR) is 168 cm³/mol. The van der Waals surface area contributed by atoms with Crippen molar-refractivity contribution in [1.29, 1.82) is 0 Å². The van der Waals surface area contributed by atoms with Crippen molar-refractivity contribution in [2.45, 2.75) is 13.0 Å². The lowest BCUT2D eigenvalue weighted by Gasteiger charge is -2.26. The van der Waals surface area contributed by atoms with Crippen LogP contribution in [0.4, 0.5) is 0 Å². The molecule has 5 aromatic rings.